The number of hydrogen-bond donors (Lipinski definition) is 1. The molecule has 0 amide bonds. The third-order valence-electron chi connectivity index (χ3n) is 3.05. The molecule has 0 atom stereocenters. The predicted octanol–water partition coefficient (Wildman–Crippen LogP) is 3.23. The van der Waals surface area contributed by atoms with Crippen molar-refractivity contribution in [1.82, 2.24) is 9.78 Å². The molecule has 4 nitrogen and oxygen atoms in total. The van der Waals surface area contributed by atoms with Crippen molar-refractivity contribution in [3.05, 3.63) is 46.6 Å². The molecule has 2 aromatic rings. The summed E-state index contributed by atoms with van der Waals surface area (Å²) < 4.78 is 39.4. The molecule has 110 valence electrons. The molecule has 0 saturated carbocycles. The third-order valence-corrected chi connectivity index (χ3v) is 3.05. The van der Waals surface area contributed by atoms with Gasteiger partial charge in [-0.05, 0) is 24.6 Å². The molecule has 0 unspecified atom stereocenters. The first-order valence-electron chi connectivity index (χ1n) is 6.16. The van der Waals surface area contributed by atoms with Crippen LogP contribution in [0, 0.1) is 18.3 Å². The molecule has 0 saturated heterocycles. The Morgan fingerprint density at radius 2 is 2.10 bits per heavy atom. The zero-order valence-electron chi connectivity index (χ0n) is 11.5. The van der Waals surface area contributed by atoms with Crippen LogP contribution in [0.5, 0.6) is 0 Å². The number of aryl methyl sites for hydroxylation is 2. The number of nitrogens with one attached hydrogen (secondary N) is 1. The summed E-state index contributed by atoms with van der Waals surface area (Å²) >= 11 is 0. The van der Waals surface area contributed by atoms with E-state index in [1.165, 1.54) is 10.7 Å². The first-order valence-corrected chi connectivity index (χ1v) is 6.16. The van der Waals surface area contributed by atoms with Gasteiger partial charge < -0.3 is 5.32 Å². The van der Waals surface area contributed by atoms with Crippen molar-refractivity contribution in [2.45, 2.75) is 19.6 Å². The summed E-state index contributed by atoms with van der Waals surface area (Å²) in [5, 5.41) is 16.1. The topological polar surface area (TPSA) is 53.6 Å². The van der Waals surface area contributed by atoms with Gasteiger partial charge >= 0.3 is 6.18 Å². The highest BCUT2D eigenvalue weighted by atomic mass is 19.4. The molecule has 0 bridgehead atoms. The molecule has 0 aliphatic heterocycles. The van der Waals surface area contributed by atoms with Gasteiger partial charge in [-0.3, -0.25) is 4.68 Å². The second-order valence-electron chi connectivity index (χ2n) is 4.60. The van der Waals surface area contributed by atoms with Gasteiger partial charge in [0.25, 0.3) is 0 Å². The van der Waals surface area contributed by atoms with Crippen LogP contribution in [0.4, 0.5) is 19.0 Å². The predicted molar refractivity (Wildman–Crippen MR) is 71.4 cm³/mol. The molecular formula is C14H13F3N4. The molecule has 0 aliphatic carbocycles. The van der Waals surface area contributed by atoms with Gasteiger partial charge in [0, 0.05) is 13.6 Å². The van der Waals surface area contributed by atoms with Gasteiger partial charge in [-0.1, -0.05) is 12.1 Å². The van der Waals surface area contributed by atoms with Crippen LogP contribution < -0.4 is 5.32 Å². The second-order valence-corrected chi connectivity index (χ2v) is 4.60. The van der Waals surface area contributed by atoms with E-state index in [1.54, 1.807) is 20.0 Å². The van der Waals surface area contributed by atoms with Gasteiger partial charge in [0.1, 0.15) is 17.5 Å². The van der Waals surface area contributed by atoms with E-state index in [0.717, 1.165) is 12.1 Å². The molecule has 7 heteroatoms. The van der Waals surface area contributed by atoms with Gasteiger partial charge in [-0.2, -0.15) is 23.5 Å². The summed E-state index contributed by atoms with van der Waals surface area (Å²) in [6, 6.07) is 7.10. The Bertz CT molecular complexity index is 695. The van der Waals surface area contributed by atoms with E-state index in [0.29, 0.717) is 22.6 Å². The zero-order valence-corrected chi connectivity index (χ0v) is 11.5. The summed E-state index contributed by atoms with van der Waals surface area (Å²) in [6.45, 7) is 1.88. The Kier molecular flexibility index (Phi) is 3.89. The highest BCUT2D eigenvalue weighted by Gasteiger charge is 2.30. The molecule has 21 heavy (non-hydrogen) atoms. The number of nitriles is 1. The molecule has 0 aliphatic rings. The molecule has 1 aromatic carbocycles. The third kappa shape index (κ3) is 3.16. The Balaban J connectivity index is 2.20. The van der Waals surface area contributed by atoms with E-state index in [9.17, 15) is 13.2 Å². The van der Waals surface area contributed by atoms with Gasteiger partial charge in [-0.25, -0.2) is 0 Å². The number of rotatable bonds is 3. The molecule has 1 heterocycles. The maximum Gasteiger partial charge on any atom is 0.416 e. The normalized spacial score (nSPS) is 11.2. The Morgan fingerprint density at radius 1 is 1.38 bits per heavy atom. The van der Waals surface area contributed by atoms with Crippen molar-refractivity contribution in [2.75, 3.05) is 5.32 Å². The fraction of sp³-hybridized carbons (Fsp3) is 0.286. The highest BCUT2D eigenvalue weighted by molar-refractivity contribution is 5.55. The minimum atomic E-state index is -4.36. The number of alkyl halides is 3. The monoisotopic (exact) mass is 294 g/mol. The summed E-state index contributed by atoms with van der Waals surface area (Å²) in [6.07, 6.45) is -4.36. The minimum absolute atomic E-state index is 0.178. The van der Waals surface area contributed by atoms with Crippen LogP contribution in [0.25, 0.3) is 0 Å². The zero-order chi connectivity index (χ0) is 15.6. The van der Waals surface area contributed by atoms with E-state index in [-0.39, 0.29) is 6.54 Å². The van der Waals surface area contributed by atoms with Gasteiger partial charge in [-0.15, -0.1) is 0 Å². The standard InChI is InChI=1S/C14H13F3N4/c1-9-12(7-18)13(21(2)20-9)19-8-10-4-3-5-11(6-10)14(15,16)17/h3-6,19H,8H2,1-2H3. The lowest BCUT2D eigenvalue weighted by Crippen LogP contribution is -2.08. The highest BCUT2D eigenvalue weighted by Crippen LogP contribution is 2.29. The molecule has 0 fully saturated rings. The van der Waals surface area contributed by atoms with Gasteiger partial charge in [0.2, 0.25) is 0 Å². The van der Waals surface area contributed by atoms with Crippen LogP contribution in [-0.2, 0) is 19.8 Å². The van der Waals surface area contributed by atoms with Crippen molar-refractivity contribution in [3.63, 3.8) is 0 Å². The smallest absolute Gasteiger partial charge is 0.365 e. The Hall–Kier alpha value is -2.49. The maximum absolute atomic E-state index is 12.6. The number of nitrogens with zero attached hydrogens (tertiary/aromatic N) is 3. The molecule has 2 rings (SSSR count). The van der Waals surface area contributed by atoms with Gasteiger partial charge in [0.05, 0.1) is 11.3 Å². The lowest BCUT2D eigenvalue weighted by Gasteiger charge is -2.10. The number of halogens is 3. The SMILES string of the molecule is Cc1nn(C)c(NCc2cccc(C(F)(F)F)c2)c1C#N. The molecular weight excluding hydrogens is 281 g/mol. The first kappa shape index (κ1) is 14.9. The van der Waals surface area contributed by atoms with Crippen LogP contribution in [0.3, 0.4) is 0 Å². The molecule has 0 spiro atoms. The molecule has 1 aromatic heterocycles. The van der Waals surface area contributed by atoms with E-state index in [1.807, 2.05) is 6.07 Å². The summed E-state index contributed by atoms with van der Waals surface area (Å²) in [5.74, 6) is 0.493. The quantitative estimate of drug-likeness (QED) is 0.945. The molecule has 0 radical (unpaired) electrons. The van der Waals surface area contributed by atoms with Crippen molar-refractivity contribution < 1.29 is 13.2 Å². The van der Waals surface area contributed by atoms with Crippen LogP contribution in [-0.4, -0.2) is 9.78 Å². The number of anilines is 1. The van der Waals surface area contributed by atoms with Crippen molar-refractivity contribution >= 4 is 5.82 Å². The van der Waals surface area contributed by atoms with Crippen molar-refractivity contribution in [1.29, 1.82) is 5.26 Å². The summed E-state index contributed by atoms with van der Waals surface area (Å²) in [4.78, 5) is 0. The Morgan fingerprint density at radius 3 is 2.71 bits per heavy atom. The van der Waals surface area contributed by atoms with Crippen LogP contribution in [0.2, 0.25) is 0 Å². The lowest BCUT2D eigenvalue weighted by atomic mass is 10.1. The van der Waals surface area contributed by atoms with E-state index in [2.05, 4.69) is 10.4 Å². The summed E-state index contributed by atoms with van der Waals surface area (Å²) in [5.41, 5.74) is 0.757. The summed E-state index contributed by atoms with van der Waals surface area (Å²) in [7, 11) is 1.67. The fourth-order valence-electron chi connectivity index (χ4n) is 2.04. The average molecular weight is 294 g/mol. The van der Waals surface area contributed by atoms with E-state index in [4.69, 9.17) is 5.26 Å². The first-order chi connectivity index (χ1) is 9.82. The number of aromatic nitrogens is 2. The number of benzene rings is 1. The number of hydrogen-bond acceptors (Lipinski definition) is 3. The minimum Gasteiger partial charge on any atom is -0.365 e. The maximum atomic E-state index is 12.6. The van der Waals surface area contributed by atoms with E-state index < -0.39 is 11.7 Å². The van der Waals surface area contributed by atoms with Gasteiger partial charge in [0.15, 0.2) is 0 Å². The van der Waals surface area contributed by atoms with Crippen molar-refractivity contribution in [2.24, 2.45) is 7.05 Å². The van der Waals surface area contributed by atoms with Crippen LogP contribution in [0.1, 0.15) is 22.4 Å². The lowest BCUT2D eigenvalue weighted by molar-refractivity contribution is -0.137. The van der Waals surface area contributed by atoms with E-state index >= 15 is 0 Å². The van der Waals surface area contributed by atoms with Crippen LogP contribution >= 0.6 is 0 Å². The Labute approximate surface area is 119 Å². The fourth-order valence-corrected chi connectivity index (χ4v) is 2.04. The second kappa shape index (κ2) is 5.48. The average Bonchev–Trinajstić information content (AvgIpc) is 2.69. The largest absolute Gasteiger partial charge is 0.416 e. The molecule has 1 N–H and O–H groups in total. The van der Waals surface area contributed by atoms with Crippen molar-refractivity contribution in [3.8, 4) is 6.07 Å². The van der Waals surface area contributed by atoms with Crippen LogP contribution in [0.15, 0.2) is 24.3 Å².